The Hall–Kier alpha value is -3.00. The topological polar surface area (TPSA) is 67.9 Å². The lowest BCUT2D eigenvalue weighted by atomic mass is 10.2. The van der Waals surface area contributed by atoms with Crippen molar-refractivity contribution in [2.75, 3.05) is 36.5 Å². The summed E-state index contributed by atoms with van der Waals surface area (Å²) in [5, 5.41) is 2.61. The highest BCUT2D eigenvalue weighted by Crippen LogP contribution is 2.20. The highest BCUT2D eigenvalue weighted by Gasteiger charge is 2.24. The zero-order valence-corrected chi connectivity index (χ0v) is 15.3. The number of anilines is 2. The number of hydrogen-bond donors (Lipinski definition) is 1. The molecule has 8 heteroatoms. The van der Waals surface area contributed by atoms with Gasteiger partial charge in [-0.1, -0.05) is 6.07 Å². The largest absolute Gasteiger partial charge is 0.449 e. The summed E-state index contributed by atoms with van der Waals surface area (Å²) in [6.07, 6.45) is -1.23. The van der Waals surface area contributed by atoms with Crippen LogP contribution in [0.25, 0.3) is 0 Å². The number of nitrogens with one attached hydrogen (secondary N) is 1. The summed E-state index contributed by atoms with van der Waals surface area (Å²) in [6.45, 7) is 4.26. The minimum atomic E-state index is -1.24. The van der Waals surface area contributed by atoms with E-state index in [9.17, 15) is 18.4 Å². The van der Waals surface area contributed by atoms with Gasteiger partial charge in [0.05, 0.1) is 13.2 Å². The zero-order valence-electron chi connectivity index (χ0n) is 15.3. The number of hydrogen-bond acceptors (Lipinski definition) is 5. The molecule has 2 aromatic carbocycles. The van der Waals surface area contributed by atoms with E-state index < -0.39 is 35.2 Å². The van der Waals surface area contributed by atoms with Gasteiger partial charge in [0.1, 0.15) is 17.2 Å². The molecule has 6 nitrogen and oxygen atoms in total. The Balaban J connectivity index is 1.58. The maximum Gasteiger partial charge on any atom is 0.344 e. The van der Waals surface area contributed by atoms with Crippen LogP contribution in [-0.2, 0) is 14.3 Å². The first kappa shape index (κ1) is 19.8. The van der Waals surface area contributed by atoms with Crippen LogP contribution >= 0.6 is 0 Å². The first-order valence-corrected chi connectivity index (χ1v) is 8.84. The lowest BCUT2D eigenvalue weighted by Gasteiger charge is -2.28. The van der Waals surface area contributed by atoms with Gasteiger partial charge in [0.25, 0.3) is 5.91 Å². The van der Waals surface area contributed by atoms with Gasteiger partial charge in [0.15, 0.2) is 6.10 Å². The Bertz CT molecular complexity index is 832. The minimum absolute atomic E-state index is 0.516. The molecule has 3 rings (SSSR count). The van der Waals surface area contributed by atoms with Gasteiger partial charge in [0, 0.05) is 24.5 Å². The van der Waals surface area contributed by atoms with Crippen LogP contribution in [0.1, 0.15) is 17.3 Å². The van der Waals surface area contributed by atoms with Crippen LogP contribution in [0.15, 0.2) is 42.5 Å². The van der Waals surface area contributed by atoms with E-state index in [1.807, 2.05) is 12.1 Å². The molecule has 148 valence electrons. The quantitative estimate of drug-likeness (QED) is 0.795. The van der Waals surface area contributed by atoms with Crippen LogP contribution in [0.5, 0.6) is 0 Å². The lowest BCUT2D eigenvalue weighted by molar-refractivity contribution is -0.123. The first-order chi connectivity index (χ1) is 13.5. The molecule has 1 N–H and O–H groups in total. The molecule has 0 spiro atoms. The molecule has 28 heavy (non-hydrogen) atoms. The average molecular weight is 390 g/mol. The predicted octanol–water partition coefficient (Wildman–Crippen LogP) is 2.99. The highest BCUT2D eigenvalue weighted by atomic mass is 19.1. The molecule has 1 atom stereocenters. The Labute approximate surface area is 161 Å². The number of esters is 1. The molecule has 1 heterocycles. The van der Waals surface area contributed by atoms with Crippen molar-refractivity contribution in [1.29, 1.82) is 0 Å². The third kappa shape index (κ3) is 4.64. The Morgan fingerprint density at radius 2 is 1.68 bits per heavy atom. The Morgan fingerprint density at radius 1 is 1.07 bits per heavy atom. The number of amides is 1. The van der Waals surface area contributed by atoms with Gasteiger partial charge in [-0.15, -0.1) is 0 Å². The van der Waals surface area contributed by atoms with E-state index in [0.29, 0.717) is 18.9 Å². The summed E-state index contributed by atoms with van der Waals surface area (Å²) in [6, 6.07) is 10.2. The Kier molecular flexibility index (Phi) is 6.20. The van der Waals surface area contributed by atoms with Crippen LogP contribution in [0.4, 0.5) is 20.2 Å². The lowest BCUT2D eigenvalue weighted by Crippen LogP contribution is -2.36. The maximum absolute atomic E-state index is 13.6. The van der Waals surface area contributed by atoms with Crippen molar-refractivity contribution >= 4 is 23.3 Å². The van der Waals surface area contributed by atoms with Crippen molar-refractivity contribution in [3.63, 3.8) is 0 Å². The standard InChI is InChI=1S/C20H20F2N2O4/c1-13(28-20(26)18-16(21)3-2-4-17(18)22)19(25)23-14-5-7-15(8-6-14)24-9-11-27-12-10-24/h2-8,13H,9-12H2,1H3,(H,23,25)/t13-/m1/s1. The van der Waals surface area contributed by atoms with Crippen molar-refractivity contribution in [3.8, 4) is 0 Å². The van der Waals surface area contributed by atoms with Crippen LogP contribution in [0.2, 0.25) is 0 Å². The van der Waals surface area contributed by atoms with E-state index >= 15 is 0 Å². The number of ether oxygens (including phenoxy) is 2. The van der Waals surface area contributed by atoms with E-state index in [-0.39, 0.29) is 0 Å². The molecule has 0 aromatic heterocycles. The molecule has 1 fully saturated rings. The summed E-state index contributed by atoms with van der Waals surface area (Å²) >= 11 is 0. The van der Waals surface area contributed by atoms with Crippen LogP contribution in [0, 0.1) is 11.6 Å². The van der Waals surface area contributed by atoms with E-state index in [1.165, 1.54) is 6.92 Å². The molecule has 1 saturated heterocycles. The van der Waals surface area contributed by atoms with E-state index in [4.69, 9.17) is 9.47 Å². The predicted molar refractivity (Wildman–Crippen MR) is 99.3 cm³/mol. The van der Waals surface area contributed by atoms with E-state index in [2.05, 4.69) is 10.2 Å². The number of carbonyl (C=O) groups is 2. The summed E-state index contributed by atoms with van der Waals surface area (Å²) in [5.41, 5.74) is 0.704. The van der Waals surface area contributed by atoms with Crippen molar-refractivity contribution in [3.05, 3.63) is 59.7 Å². The van der Waals surface area contributed by atoms with Gasteiger partial charge >= 0.3 is 5.97 Å². The fourth-order valence-electron chi connectivity index (χ4n) is 2.79. The van der Waals surface area contributed by atoms with Crippen molar-refractivity contribution < 1.29 is 27.8 Å². The van der Waals surface area contributed by atoms with Gasteiger partial charge in [-0.25, -0.2) is 13.6 Å². The van der Waals surface area contributed by atoms with Crippen molar-refractivity contribution in [1.82, 2.24) is 0 Å². The number of rotatable bonds is 5. The average Bonchev–Trinajstić information content (AvgIpc) is 2.69. The smallest absolute Gasteiger partial charge is 0.344 e. The molecule has 1 aliphatic heterocycles. The number of carbonyl (C=O) groups excluding carboxylic acids is 2. The number of benzene rings is 2. The summed E-state index contributed by atoms with van der Waals surface area (Å²) in [4.78, 5) is 26.4. The van der Waals surface area contributed by atoms with E-state index in [0.717, 1.165) is 37.0 Å². The van der Waals surface area contributed by atoms with Crippen molar-refractivity contribution in [2.24, 2.45) is 0 Å². The number of halogens is 2. The van der Waals surface area contributed by atoms with Crippen LogP contribution in [-0.4, -0.2) is 44.3 Å². The normalized spacial score (nSPS) is 15.0. The SMILES string of the molecule is C[C@@H](OC(=O)c1c(F)cccc1F)C(=O)Nc1ccc(N2CCOCC2)cc1. The third-order valence-corrected chi connectivity index (χ3v) is 4.33. The van der Waals surface area contributed by atoms with Gasteiger partial charge in [-0.2, -0.15) is 0 Å². The molecule has 1 amide bonds. The summed E-state index contributed by atoms with van der Waals surface area (Å²) in [5.74, 6) is -3.93. The number of nitrogens with zero attached hydrogens (tertiary/aromatic N) is 1. The number of morpholine rings is 1. The van der Waals surface area contributed by atoms with E-state index in [1.54, 1.807) is 12.1 Å². The minimum Gasteiger partial charge on any atom is -0.449 e. The Morgan fingerprint density at radius 3 is 2.29 bits per heavy atom. The molecule has 0 unspecified atom stereocenters. The molecular weight excluding hydrogens is 370 g/mol. The first-order valence-electron chi connectivity index (χ1n) is 8.84. The summed E-state index contributed by atoms with van der Waals surface area (Å²) in [7, 11) is 0. The second-order valence-electron chi connectivity index (χ2n) is 6.28. The van der Waals surface area contributed by atoms with Gasteiger partial charge in [0.2, 0.25) is 0 Å². The molecule has 0 bridgehead atoms. The van der Waals surface area contributed by atoms with Gasteiger partial charge in [-0.3, -0.25) is 4.79 Å². The fourth-order valence-corrected chi connectivity index (χ4v) is 2.79. The fraction of sp³-hybridized carbons (Fsp3) is 0.300. The molecule has 2 aromatic rings. The molecule has 0 aliphatic carbocycles. The second kappa shape index (κ2) is 8.79. The summed E-state index contributed by atoms with van der Waals surface area (Å²) < 4.78 is 37.5. The highest BCUT2D eigenvalue weighted by molar-refractivity contribution is 5.97. The maximum atomic E-state index is 13.6. The molecular formula is C20H20F2N2O4. The van der Waals surface area contributed by atoms with Crippen LogP contribution in [0.3, 0.4) is 0 Å². The molecule has 1 aliphatic rings. The second-order valence-corrected chi connectivity index (χ2v) is 6.28. The monoisotopic (exact) mass is 390 g/mol. The molecule has 0 radical (unpaired) electrons. The third-order valence-electron chi connectivity index (χ3n) is 4.33. The van der Waals surface area contributed by atoms with Gasteiger partial charge in [-0.05, 0) is 43.3 Å². The van der Waals surface area contributed by atoms with Crippen LogP contribution < -0.4 is 10.2 Å². The molecule has 0 saturated carbocycles. The zero-order chi connectivity index (χ0) is 20.1. The van der Waals surface area contributed by atoms with Gasteiger partial charge < -0.3 is 19.7 Å². The van der Waals surface area contributed by atoms with Crippen molar-refractivity contribution in [2.45, 2.75) is 13.0 Å².